The Bertz CT molecular complexity index is 1400. The van der Waals surface area contributed by atoms with Gasteiger partial charge in [-0.3, -0.25) is 4.79 Å². The normalized spacial score (nSPS) is 11.2. The van der Waals surface area contributed by atoms with Crippen molar-refractivity contribution in [3.8, 4) is 5.75 Å². The molecule has 5 nitrogen and oxygen atoms in total. The van der Waals surface area contributed by atoms with Crippen molar-refractivity contribution in [3.05, 3.63) is 102 Å². The zero-order chi connectivity index (χ0) is 22.6. The monoisotopic (exact) mass is 437 g/mol. The molecule has 0 fully saturated rings. The average molecular weight is 438 g/mol. The minimum absolute atomic E-state index is 0.00310. The zero-order valence-corrected chi connectivity index (χ0v) is 18.7. The van der Waals surface area contributed by atoms with E-state index in [9.17, 15) is 4.79 Å². The van der Waals surface area contributed by atoms with Gasteiger partial charge in [0.15, 0.2) is 0 Å². The zero-order valence-electron chi connectivity index (χ0n) is 18.7. The molecule has 0 atom stereocenters. The molecule has 2 aromatic heterocycles. The summed E-state index contributed by atoms with van der Waals surface area (Å²) in [6.45, 7) is 1.71. The van der Waals surface area contributed by atoms with Crippen molar-refractivity contribution in [1.82, 2.24) is 14.5 Å². The third kappa shape index (κ3) is 4.35. The fourth-order valence-electron chi connectivity index (χ4n) is 4.49. The van der Waals surface area contributed by atoms with E-state index >= 15 is 0 Å². The van der Waals surface area contributed by atoms with E-state index in [1.54, 1.807) is 7.11 Å². The molecule has 0 spiro atoms. The van der Waals surface area contributed by atoms with Crippen molar-refractivity contribution >= 4 is 27.7 Å². The van der Waals surface area contributed by atoms with Crippen LogP contribution in [0.1, 0.15) is 11.1 Å². The average Bonchev–Trinajstić information content (AvgIpc) is 3.41. The van der Waals surface area contributed by atoms with Gasteiger partial charge in [-0.2, -0.15) is 0 Å². The van der Waals surface area contributed by atoms with E-state index in [0.29, 0.717) is 6.54 Å². The van der Waals surface area contributed by atoms with E-state index in [4.69, 9.17) is 4.74 Å². The Hall–Kier alpha value is -3.99. The summed E-state index contributed by atoms with van der Waals surface area (Å²) in [5.74, 6) is 0.821. The molecule has 0 unspecified atom stereocenters. The van der Waals surface area contributed by atoms with Gasteiger partial charge in [0.25, 0.3) is 0 Å². The summed E-state index contributed by atoms with van der Waals surface area (Å²) in [6.07, 6.45) is 4.94. The maximum Gasteiger partial charge on any atom is 0.239 e. The third-order valence-electron chi connectivity index (χ3n) is 6.09. The van der Waals surface area contributed by atoms with Crippen LogP contribution in [0.3, 0.4) is 0 Å². The summed E-state index contributed by atoms with van der Waals surface area (Å²) in [5.41, 5.74) is 4.73. The van der Waals surface area contributed by atoms with Crippen LogP contribution in [0.15, 0.2) is 91.3 Å². The first-order valence-electron chi connectivity index (χ1n) is 11.2. The molecule has 1 N–H and O–H groups in total. The van der Waals surface area contributed by atoms with Crippen molar-refractivity contribution in [3.63, 3.8) is 0 Å². The Morgan fingerprint density at radius 3 is 2.45 bits per heavy atom. The van der Waals surface area contributed by atoms with Gasteiger partial charge in [-0.25, -0.2) is 0 Å². The highest BCUT2D eigenvalue weighted by Gasteiger charge is 2.11. The summed E-state index contributed by atoms with van der Waals surface area (Å²) < 4.78 is 9.67. The second kappa shape index (κ2) is 9.25. The van der Waals surface area contributed by atoms with Gasteiger partial charge in [0.2, 0.25) is 5.91 Å². The lowest BCUT2D eigenvalue weighted by molar-refractivity contribution is -0.121. The molecule has 166 valence electrons. The van der Waals surface area contributed by atoms with Crippen molar-refractivity contribution in [2.75, 3.05) is 13.7 Å². The quantitative estimate of drug-likeness (QED) is 0.371. The molecule has 33 heavy (non-hydrogen) atoms. The smallest absolute Gasteiger partial charge is 0.239 e. The third-order valence-corrected chi connectivity index (χ3v) is 6.09. The number of rotatable bonds is 8. The molecule has 0 saturated carbocycles. The summed E-state index contributed by atoms with van der Waals surface area (Å²) >= 11 is 0. The number of nitrogens with one attached hydrogen (secondary N) is 1. The lowest BCUT2D eigenvalue weighted by Gasteiger charge is -2.08. The number of amides is 1. The minimum atomic E-state index is 0.00310. The number of fused-ring (bicyclic) bond motifs is 2. The summed E-state index contributed by atoms with van der Waals surface area (Å²) in [4.78, 5) is 12.6. The minimum Gasteiger partial charge on any atom is -0.496 e. The van der Waals surface area contributed by atoms with Crippen LogP contribution in [-0.2, 0) is 24.3 Å². The number of ether oxygens (including phenoxy) is 1. The standard InChI is InChI=1S/C28H27N3O2/c1-33-27-13-7-12-26-24(27)15-17-30(26)20-28(32)29-16-14-22-19-31(18-21-8-3-2-4-9-21)25-11-6-5-10-23(22)25/h2-13,15,17,19H,14,16,18,20H2,1H3,(H,29,32). The van der Waals surface area contributed by atoms with E-state index in [1.165, 1.54) is 22.0 Å². The largest absolute Gasteiger partial charge is 0.496 e. The van der Waals surface area contributed by atoms with Gasteiger partial charge >= 0.3 is 0 Å². The van der Waals surface area contributed by atoms with Gasteiger partial charge in [0.1, 0.15) is 12.3 Å². The molecule has 5 heteroatoms. The highest BCUT2D eigenvalue weighted by molar-refractivity contribution is 5.88. The molecule has 5 rings (SSSR count). The number of carbonyl (C=O) groups excluding carboxylic acids is 1. The molecular formula is C28H27N3O2. The molecule has 0 aliphatic heterocycles. The molecule has 0 radical (unpaired) electrons. The maximum absolute atomic E-state index is 12.6. The lowest BCUT2D eigenvalue weighted by Crippen LogP contribution is -2.29. The summed E-state index contributed by atoms with van der Waals surface area (Å²) in [6, 6.07) is 26.8. The number of carbonyl (C=O) groups is 1. The lowest BCUT2D eigenvalue weighted by atomic mass is 10.1. The van der Waals surface area contributed by atoms with Crippen molar-refractivity contribution < 1.29 is 9.53 Å². The van der Waals surface area contributed by atoms with Crippen molar-refractivity contribution in [2.45, 2.75) is 19.5 Å². The molecular weight excluding hydrogens is 410 g/mol. The fraction of sp³-hybridized carbons (Fsp3) is 0.179. The van der Waals surface area contributed by atoms with Crippen molar-refractivity contribution in [1.29, 1.82) is 0 Å². The van der Waals surface area contributed by atoms with Crippen LogP contribution in [0.5, 0.6) is 5.75 Å². The summed E-state index contributed by atoms with van der Waals surface area (Å²) in [5, 5.41) is 5.34. The SMILES string of the molecule is COc1cccc2c1ccn2CC(=O)NCCc1cn(Cc2ccccc2)c2ccccc12. The number of aromatic nitrogens is 2. The van der Waals surface area contributed by atoms with Gasteiger partial charge in [-0.05, 0) is 41.8 Å². The molecule has 0 saturated heterocycles. The Labute approximate surface area is 193 Å². The maximum atomic E-state index is 12.6. The van der Waals surface area contributed by atoms with E-state index in [1.807, 2.05) is 41.1 Å². The molecule has 5 aromatic rings. The molecule has 1 amide bonds. The first kappa shape index (κ1) is 20.9. The van der Waals surface area contributed by atoms with Crippen LogP contribution in [0.2, 0.25) is 0 Å². The topological polar surface area (TPSA) is 48.2 Å². The first-order chi connectivity index (χ1) is 16.2. The number of methoxy groups -OCH3 is 1. The van der Waals surface area contributed by atoms with E-state index < -0.39 is 0 Å². The fourth-order valence-corrected chi connectivity index (χ4v) is 4.49. The van der Waals surface area contributed by atoms with Gasteiger partial charge in [0, 0.05) is 41.8 Å². The number of hydrogen-bond donors (Lipinski definition) is 1. The number of benzene rings is 3. The van der Waals surface area contributed by atoms with E-state index in [-0.39, 0.29) is 12.5 Å². The van der Waals surface area contributed by atoms with Crippen LogP contribution < -0.4 is 10.1 Å². The van der Waals surface area contributed by atoms with Gasteiger partial charge < -0.3 is 19.2 Å². The molecule has 3 aromatic carbocycles. The van der Waals surface area contributed by atoms with Crippen LogP contribution in [-0.4, -0.2) is 28.7 Å². The second-order valence-corrected chi connectivity index (χ2v) is 8.22. The van der Waals surface area contributed by atoms with Crippen LogP contribution in [0.4, 0.5) is 0 Å². The van der Waals surface area contributed by atoms with Crippen molar-refractivity contribution in [2.24, 2.45) is 0 Å². The Morgan fingerprint density at radius 2 is 1.61 bits per heavy atom. The van der Waals surface area contributed by atoms with Gasteiger partial charge in [-0.15, -0.1) is 0 Å². The number of nitrogens with zero attached hydrogens (tertiary/aromatic N) is 2. The molecule has 2 heterocycles. The molecule has 0 aliphatic rings. The number of para-hydroxylation sites is 1. The molecule has 0 bridgehead atoms. The van der Waals surface area contributed by atoms with Crippen LogP contribution >= 0.6 is 0 Å². The Morgan fingerprint density at radius 1 is 0.848 bits per heavy atom. The Balaban J connectivity index is 1.25. The predicted octanol–water partition coefficient (Wildman–Crippen LogP) is 5.01. The highest BCUT2D eigenvalue weighted by atomic mass is 16.5. The molecule has 0 aliphatic carbocycles. The van der Waals surface area contributed by atoms with E-state index in [2.05, 4.69) is 64.6 Å². The van der Waals surface area contributed by atoms with Crippen LogP contribution in [0, 0.1) is 0 Å². The Kier molecular flexibility index (Phi) is 5.85. The van der Waals surface area contributed by atoms with Crippen LogP contribution in [0.25, 0.3) is 21.8 Å². The number of hydrogen-bond acceptors (Lipinski definition) is 2. The van der Waals surface area contributed by atoms with E-state index in [0.717, 1.165) is 29.6 Å². The van der Waals surface area contributed by atoms with Gasteiger partial charge in [0.05, 0.1) is 12.6 Å². The summed E-state index contributed by atoms with van der Waals surface area (Å²) in [7, 11) is 1.66. The second-order valence-electron chi connectivity index (χ2n) is 8.22. The first-order valence-corrected chi connectivity index (χ1v) is 11.2. The van der Waals surface area contributed by atoms with Gasteiger partial charge in [-0.1, -0.05) is 54.6 Å². The predicted molar refractivity (Wildman–Crippen MR) is 133 cm³/mol. The highest BCUT2D eigenvalue weighted by Crippen LogP contribution is 2.26.